The first-order valence-electron chi connectivity index (χ1n) is 9.35. The number of benzene rings is 2. The molecule has 0 saturated heterocycles. The molecular formula is C25H17FN2O2. The monoisotopic (exact) mass is 396 g/mol. The Balaban J connectivity index is 1.67. The van der Waals surface area contributed by atoms with Crippen LogP contribution in [0, 0.1) is 17.7 Å². The van der Waals surface area contributed by atoms with Gasteiger partial charge < -0.3 is 4.90 Å². The van der Waals surface area contributed by atoms with Gasteiger partial charge in [0.1, 0.15) is 5.82 Å². The Kier molecular flexibility index (Phi) is 5.23. The summed E-state index contributed by atoms with van der Waals surface area (Å²) in [5.41, 5.74) is 3.12. The van der Waals surface area contributed by atoms with Crippen LogP contribution in [-0.2, 0) is 11.2 Å². The fraction of sp³-hybridized carbons (Fsp3) is 0.0800. The average molecular weight is 396 g/mol. The first-order chi connectivity index (χ1) is 14.5. The number of likely N-dealkylation sites (N-methyl/N-ethyl adjacent to an activating group) is 1. The Bertz CT molecular complexity index is 1240. The van der Waals surface area contributed by atoms with Crippen LogP contribution >= 0.6 is 0 Å². The zero-order valence-electron chi connectivity index (χ0n) is 16.2. The lowest BCUT2D eigenvalue weighted by Gasteiger charge is -2.26. The molecule has 0 atom stereocenters. The molecule has 0 fully saturated rings. The topological polar surface area (TPSA) is 50.3 Å². The zero-order valence-corrected chi connectivity index (χ0v) is 16.2. The van der Waals surface area contributed by atoms with Crippen molar-refractivity contribution >= 4 is 23.5 Å². The maximum atomic E-state index is 13.5. The number of anilines is 1. The van der Waals surface area contributed by atoms with E-state index in [1.54, 1.807) is 43.7 Å². The number of carbonyl (C=O) groups excluding carboxylic acids is 2. The van der Waals surface area contributed by atoms with Crippen LogP contribution in [-0.4, -0.2) is 23.7 Å². The van der Waals surface area contributed by atoms with E-state index in [2.05, 4.69) is 16.8 Å². The van der Waals surface area contributed by atoms with Crippen LogP contribution < -0.4 is 4.90 Å². The Labute approximate surface area is 173 Å². The maximum absolute atomic E-state index is 13.5. The zero-order chi connectivity index (χ0) is 21.1. The molecule has 1 aromatic heterocycles. The van der Waals surface area contributed by atoms with E-state index in [9.17, 15) is 14.0 Å². The number of amides is 1. The first-order valence-corrected chi connectivity index (χ1v) is 9.35. The second kappa shape index (κ2) is 8.14. The molecule has 0 bridgehead atoms. The minimum absolute atomic E-state index is 0.00232. The van der Waals surface area contributed by atoms with Gasteiger partial charge in [-0.15, -0.1) is 0 Å². The average Bonchev–Trinajstić information content (AvgIpc) is 2.76. The van der Waals surface area contributed by atoms with Gasteiger partial charge in [0.15, 0.2) is 0 Å². The van der Waals surface area contributed by atoms with E-state index >= 15 is 0 Å². The lowest BCUT2D eigenvalue weighted by atomic mass is 9.92. The molecule has 0 spiro atoms. The number of fused-ring (bicyclic) bond motifs is 1. The van der Waals surface area contributed by atoms with Crippen molar-refractivity contribution in [2.24, 2.45) is 0 Å². The van der Waals surface area contributed by atoms with Gasteiger partial charge >= 0.3 is 0 Å². The predicted octanol–water partition coefficient (Wildman–Crippen LogP) is 4.06. The number of nitrogens with zero attached hydrogens (tertiary/aromatic N) is 2. The minimum Gasteiger partial charge on any atom is -0.311 e. The van der Waals surface area contributed by atoms with Gasteiger partial charge in [0.25, 0.3) is 5.91 Å². The van der Waals surface area contributed by atoms with Crippen molar-refractivity contribution in [3.05, 3.63) is 101 Å². The third-order valence-corrected chi connectivity index (χ3v) is 4.82. The Morgan fingerprint density at radius 3 is 2.63 bits per heavy atom. The largest absolute Gasteiger partial charge is 0.311 e. The van der Waals surface area contributed by atoms with Crippen LogP contribution in [0.3, 0.4) is 0 Å². The van der Waals surface area contributed by atoms with Gasteiger partial charge in [0.05, 0.1) is 11.3 Å². The minimum atomic E-state index is -0.430. The number of hydrogen-bond acceptors (Lipinski definition) is 3. The molecule has 1 aliphatic heterocycles. The lowest BCUT2D eigenvalue weighted by Crippen LogP contribution is -2.36. The summed E-state index contributed by atoms with van der Waals surface area (Å²) >= 11 is 0. The Hall–Kier alpha value is -4.04. The number of hydrogen-bond donors (Lipinski definition) is 0. The molecule has 1 amide bonds. The highest BCUT2D eigenvalue weighted by Gasteiger charge is 2.32. The summed E-state index contributed by atoms with van der Waals surface area (Å²) in [4.78, 5) is 31.2. The van der Waals surface area contributed by atoms with Crippen molar-refractivity contribution in [1.29, 1.82) is 0 Å². The van der Waals surface area contributed by atoms with Crippen LogP contribution in [0.25, 0.3) is 6.08 Å². The van der Waals surface area contributed by atoms with Crippen LogP contribution in [0.2, 0.25) is 0 Å². The smallest absolute Gasteiger partial charge is 0.262 e. The molecule has 146 valence electrons. The predicted molar refractivity (Wildman–Crippen MR) is 113 cm³/mol. The highest BCUT2D eigenvalue weighted by molar-refractivity contribution is 6.36. The first kappa shape index (κ1) is 19.3. The molecule has 3 aromatic rings. The lowest BCUT2D eigenvalue weighted by molar-refractivity contribution is -0.114. The third kappa shape index (κ3) is 3.89. The Morgan fingerprint density at radius 1 is 1.07 bits per heavy atom. The number of rotatable bonds is 2. The number of halogens is 1. The van der Waals surface area contributed by atoms with Crippen molar-refractivity contribution < 1.29 is 14.0 Å². The number of carbonyl (C=O) groups is 2. The van der Waals surface area contributed by atoms with Crippen molar-refractivity contribution in [1.82, 2.24) is 4.98 Å². The molecule has 0 aliphatic carbocycles. The molecule has 0 unspecified atom stereocenters. The fourth-order valence-corrected chi connectivity index (χ4v) is 3.26. The second-order valence-electron chi connectivity index (χ2n) is 6.87. The second-order valence-corrected chi connectivity index (χ2v) is 6.87. The number of pyridine rings is 1. The van der Waals surface area contributed by atoms with Crippen LogP contribution in [0.15, 0.2) is 72.6 Å². The molecule has 4 rings (SSSR count). The van der Waals surface area contributed by atoms with E-state index in [4.69, 9.17) is 0 Å². The van der Waals surface area contributed by atoms with Gasteiger partial charge in [-0.05, 0) is 59.7 Å². The summed E-state index contributed by atoms with van der Waals surface area (Å²) in [6.45, 7) is 0. The molecule has 0 radical (unpaired) electrons. The van der Waals surface area contributed by atoms with Gasteiger partial charge in [-0.1, -0.05) is 24.0 Å². The van der Waals surface area contributed by atoms with Crippen molar-refractivity contribution in [2.45, 2.75) is 6.42 Å². The molecular weight excluding hydrogens is 379 g/mol. The normalized spacial score (nSPS) is 14.3. The summed E-state index contributed by atoms with van der Waals surface area (Å²) < 4.78 is 13.5. The van der Waals surface area contributed by atoms with Gasteiger partial charge in [-0.2, -0.15) is 0 Å². The molecule has 0 saturated carbocycles. The summed E-state index contributed by atoms with van der Waals surface area (Å²) in [5.74, 6) is 4.91. The SMILES string of the molecule is CN1C(=O)/C(=C\c2cccc(F)c2)C(=O)c2cc(C#CCc3ccncc3)ccc21. The molecule has 0 N–H and O–H groups in total. The number of aromatic nitrogens is 1. The van der Waals surface area contributed by atoms with E-state index < -0.39 is 17.5 Å². The maximum Gasteiger partial charge on any atom is 0.262 e. The molecule has 2 aromatic carbocycles. The van der Waals surface area contributed by atoms with Crippen molar-refractivity contribution in [3.8, 4) is 11.8 Å². The molecule has 4 nitrogen and oxygen atoms in total. The quantitative estimate of drug-likeness (QED) is 0.373. The molecule has 2 heterocycles. The van der Waals surface area contributed by atoms with Crippen molar-refractivity contribution in [3.63, 3.8) is 0 Å². The molecule has 30 heavy (non-hydrogen) atoms. The van der Waals surface area contributed by atoms with E-state index in [1.807, 2.05) is 12.1 Å². The standard InChI is InChI=1S/C25H17FN2O2/c1-28-23-9-8-18(5-2-4-17-10-12-27-13-11-17)15-21(23)24(29)22(25(28)30)16-19-6-3-7-20(26)14-19/h3,6-16H,4H2,1H3/b22-16-. The van der Waals surface area contributed by atoms with Crippen LogP contribution in [0.4, 0.5) is 10.1 Å². The number of ketones is 1. The third-order valence-electron chi connectivity index (χ3n) is 4.82. The van der Waals surface area contributed by atoms with Gasteiger partial charge in [-0.3, -0.25) is 14.6 Å². The summed E-state index contributed by atoms with van der Waals surface area (Å²) in [7, 11) is 1.61. The molecule has 1 aliphatic rings. The molecule has 5 heteroatoms. The van der Waals surface area contributed by atoms with E-state index in [1.165, 1.54) is 29.2 Å². The summed E-state index contributed by atoms with van der Waals surface area (Å²) in [6, 6.07) is 14.8. The van der Waals surface area contributed by atoms with Crippen LogP contribution in [0.1, 0.15) is 27.0 Å². The van der Waals surface area contributed by atoms with E-state index in [0.29, 0.717) is 28.8 Å². The van der Waals surface area contributed by atoms with Gasteiger partial charge in [0.2, 0.25) is 5.78 Å². The van der Waals surface area contributed by atoms with Crippen LogP contribution in [0.5, 0.6) is 0 Å². The highest BCUT2D eigenvalue weighted by Crippen LogP contribution is 2.31. The van der Waals surface area contributed by atoms with Gasteiger partial charge in [-0.25, -0.2) is 4.39 Å². The van der Waals surface area contributed by atoms with Gasteiger partial charge in [0, 0.05) is 37.0 Å². The van der Waals surface area contributed by atoms with E-state index in [0.717, 1.165) is 5.56 Å². The highest BCUT2D eigenvalue weighted by atomic mass is 19.1. The number of Topliss-reactive ketones (excluding diaryl/α,β-unsaturated/α-hetero) is 1. The summed E-state index contributed by atoms with van der Waals surface area (Å²) in [5, 5.41) is 0. The summed E-state index contributed by atoms with van der Waals surface area (Å²) in [6.07, 6.45) is 5.42. The Morgan fingerprint density at radius 2 is 1.87 bits per heavy atom. The fourth-order valence-electron chi connectivity index (χ4n) is 3.26. The van der Waals surface area contributed by atoms with Crippen molar-refractivity contribution in [2.75, 3.05) is 11.9 Å². The van der Waals surface area contributed by atoms with E-state index in [-0.39, 0.29) is 5.57 Å².